The van der Waals surface area contributed by atoms with Gasteiger partial charge in [0.1, 0.15) is 18.0 Å². The average Bonchev–Trinajstić information content (AvgIpc) is 3.36. The number of urea groups is 1. The Labute approximate surface area is 235 Å². The Hall–Kier alpha value is -3.05. The van der Waals surface area contributed by atoms with E-state index in [1.54, 1.807) is 30.3 Å². The van der Waals surface area contributed by atoms with Gasteiger partial charge < -0.3 is 25.4 Å². The molecule has 1 fully saturated rings. The molecule has 2 aromatic carbocycles. The van der Waals surface area contributed by atoms with E-state index in [-0.39, 0.29) is 49.2 Å². The van der Waals surface area contributed by atoms with Gasteiger partial charge in [0.25, 0.3) is 0 Å². The number of nitrogens with one attached hydrogen (secondary N) is 3. The Morgan fingerprint density at radius 3 is 2.47 bits per heavy atom. The topological polar surface area (TPSA) is 71.6 Å². The van der Waals surface area contributed by atoms with Crippen molar-refractivity contribution in [1.82, 2.24) is 5.32 Å². The molecule has 1 atom stereocenters. The van der Waals surface area contributed by atoms with E-state index in [9.17, 15) is 9.18 Å². The molecule has 0 saturated carbocycles. The molecule has 0 radical (unpaired) electrons. The van der Waals surface area contributed by atoms with Crippen LogP contribution >= 0.6 is 0 Å². The van der Waals surface area contributed by atoms with Crippen LogP contribution in [0.25, 0.3) is 11.3 Å². The van der Waals surface area contributed by atoms with Crippen LogP contribution < -0.4 is 39.5 Å². The minimum absolute atomic E-state index is 0. The first-order valence-electron chi connectivity index (χ1n) is 12.1. The molecule has 1 aliphatic heterocycles. The van der Waals surface area contributed by atoms with Crippen molar-refractivity contribution in [3.8, 4) is 5.75 Å². The maximum atomic E-state index is 15.2. The van der Waals surface area contributed by atoms with Crippen LogP contribution in [0.4, 0.5) is 25.0 Å². The second kappa shape index (κ2) is 14.2. The largest absolute Gasteiger partial charge is 1.00 e. The average molecular weight is 517 g/mol. The first-order chi connectivity index (χ1) is 17.6. The van der Waals surface area contributed by atoms with E-state index in [1.807, 2.05) is 0 Å². The smallest absolute Gasteiger partial charge is 0.491 e. The molecule has 0 spiro atoms. The molecule has 2 aromatic rings. The van der Waals surface area contributed by atoms with Gasteiger partial charge in [0.05, 0.1) is 11.9 Å². The molecule has 198 valence electrons. The van der Waals surface area contributed by atoms with Crippen molar-refractivity contribution in [2.45, 2.75) is 44.9 Å². The molecule has 3 rings (SSSR count). The summed E-state index contributed by atoms with van der Waals surface area (Å²) in [6, 6.07) is 9.12. The molecule has 3 N–H and O–H groups in total. The summed E-state index contributed by atoms with van der Waals surface area (Å²) in [5.74, 6) is -0.273. The number of ether oxygens (including phenoxy) is 2. The molecule has 0 aliphatic carbocycles. The van der Waals surface area contributed by atoms with Gasteiger partial charge >= 0.3 is 24.9 Å². The molecule has 0 unspecified atom stereocenters. The van der Waals surface area contributed by atoms with Gasteiger partial charge in [0.2, 0.25) is 0 Å². The maximum absolute atomic E-state index is 15.2. The zero-order chi connectivity index (χ0) is 27.0. The summed E-state index contributed by atoms with van der Waals surface area (Å²) in [6.45, 7) is 20.0. The summed E-state index contributed by atoms with van der Waals surface area (Å²) in [6.07, 6.45) is 3.34. The van der Waals surface area contributed by atoms with Crippen molar-refractivity contribution in [3.05, 3.63) is 79.2 Å². The number of amides is 2. The van der Waals surface area contributed by atoms with E-state index in [2.05, 4.69) is 22.5 Å². The van der Waals surface area contributed by atoms with Gasteiger partial charge in [-0.1, -0.05) is 0 Å². The Kier molecular flexibility index (Phi) is 11.6. The summed E-state index contributed by atoms with van der Waals surface area (Å²) in [5.41, 5.74) is 0.648. The third kappa shape index (κ3) is 9.36. The van der Waals surface area contributed by atoms with Crippen LogP contribution in [-0.2, 0) is 4.74 Å². The van der Waals surface area contributed by atoms with Crippen LogP contribution in [0.5, 0.6) is 5.75 Å². The molecule has 1 aliphatic rings. The van der Waals surface area contributed by atoms with Crippen LogP contribution in [0.1, 0.15) is 44.2 Å². The van der Waals surface area contributed by atoms with Crippen LogP contribution in [0.2, 0.25) is 0 Å². The third-order valence-electron chi connectivity index (χ3n) is 5.77. The van der Waals surface area contributed by atoms with E-state index >= 15 is 4.39 Å². The molecule has 0 bridgehead atoms. The van der Waals surface area contributed by atoms with Crippen molar-refractivity contribution in [2.75, 3.05) is 30.4 Å². The zero-order valence-electron chi connectivity index (χ0n) is 22.2. The molecular formula is C29H33F2LiN3O3-. The van der Waals surface area contributed by atoms with Crippen molar-refractivity contribution in [3.63, 3.8) is 0 Å². The Morgan fingerprint density at radius 1 is 1.24 bits per heavy atom. The van der Waals surface area contributed by atoms with Crippen LogP contribution in [0.3, 0.4) is 0 Å². The normalized spacial score (nSPS) is 14.7. The van der Waals surface area contributed by atoms with Gasteiger partial charge in [-0.25, -0.2) is 19.7 Å². The van der Waals surface area contributed by atoms with Crippen molar-refractivity contribution in [1.29, 1.82) is 0 Å². The van der Waals surface area contributed by atoms with E-state index in [0.29, 0.717) is 41.5 Å². The standard InChI is InChI=1S/C29H33F2N3O3.Li/c1-6-19(2)25-16-24(37-18-23-8-7-15-36-23)17-26(30)27(25)20(3)33-21-9-11-22(12-10-21)34-28(35)32-14-13-29(4,5)31;/h1,3,6,9-12,16-17,23,33H,2,7-8,13-15,18H2,4-5H3,(H2,32,34,35);/q-2;+1/t23-;/m0./s1. The van der Waals surface area contributed by atoms with E-state index in [1.165, 1.54) is 26.0 Å². The first kappa shape index (κ1) is 31.2. The Morgan fingerprint density at radius 2 is 1.89 bits per heavy atom. The minimum Gasteiger partial charge on any atom is -0.491 e. The fourth-order valence-electron chi connectivity index (χ4n) is 3.75. The van der Waals surface area contributed by atoms with Gasteiger partial charge in [-0.05, 0) is 69.5 Å². The summed E-state index contributed by atoms with van der Waals surface area (Å²) in [5, 5.41) is 8.25. The monoisotopic (exact) mass is 516 g/mol. The number of carbonyl (C=O) groups excluding carboxylic acids is 1. The Bertz CT molecular complexity index is 1140. The quantitative estimate of drug-likeness (QED) is 0.229. The number of hydrogen-bond donors (Lipinski definition) is 3. The number of anilines is 2. The number of rotatable bonds is 12. The van der Waals surface area contributed by atoms with Crippen LogP contribution in [0.15, 0.2) is 49.1 Å². The number of allylic oxidation sites excluding steroid dienone is 2. The molecule has 1 heterocycles. The third-order valence-corrected chi connectivity index (χ3v) is 5.77. The van der Waals surface area contributed by atoms with Crippen molar-refractivity contribution in [2.24, 2.45) is 0 Å². The van der Waals surface area contributed by atoms with Gasteiger partial charge in [-0.15, -0.1) is 11.3 Å². The second-order valence-electron chi connectivity index (χ2n) is 9.43. The fraction of sp³-hybridized carbons (Fsp3) is 0.345. The van der Waals surface area contributed by atoms with Gasteiger partial charge in [0, 0.05) is 24.5 Å². The van der Waals surface area contributed by atoms with Crippen molar-refractivity contribution < 1.29 is 41.9 Å². The van der Waals surface area contributed by atoms with Crippen LogP contribution in [0, 0.1) is 19.0 Å². The van der Waals surface area contributed by atoms with E-state index < -0.39 is 17.5 Å². The zero-order valence-corrected chi connectivity index (χ0v) is 22.2. The molecule has 6 nitrogen and oxygen atoms in total. The van der Waals surface area contributed by atoms with Crippen molar-refractivity contribution >= 4 is 28.7 Å². The minimum atomic E-state index is -1.36. The number of carbonyl (C=O) groups is 1. The predicted molar refractivity (Wildman–Crippen MR) is 143 cm³/mol. The van der Waals surface area contributed by atoms with E-state index in [4.69, 9.17) is 22.6 Å². The molecule has 38 heavy (non-hydrogen) atoms. The second-order valence-corrected chi connectivity index (χ2v) is 9.43. The molecule has 2 amide bonds. The maximum Gasteiger partial charge on any atom is 1.00 e. The predicted octanol–water partition coefficient (Wildman–Crippen LogP) is 3.54. The van der Waals surface area contributed by atoms with Gasteiger partial charge in [-0.2, -0.15) is 17.7 Å². The van der Waals surface area contributed by atoms with Crippen LogP contribution in [-0.4, -0.2) is 37.6 Å². The first-order valence-corrected chi connectivity index (χ1v) is 12.1. The summed E-state index contributed by atoms with van der Waals surface area (Å²) >= 11 is 0. The molecule has 0 aromatic heterocycles. The number of hydrogen-bond acceptors (Lipinski definition) is 4. The van der Waals surface area contributed by atoms with Gasteiger partial charge in [-0.3, -0.25) is 13.2 Å². The number of halogens is 2. The molecular weight excluding hydrogens is 483 g/mol. The fourth-order valence-corrected chi connectivity index (χ4v) is 3.75. The van der Waals surface area contributed by atoms with Gasteiger partial charge in [0.15, 0.2) is 0 Å². The Balaban J connectivity index is 0.00000507. The molecule has 9 heteroatoms. The SMILES string of the molecule is [CH-]=CC(=C)c1cc(OC[C@@H]2CCCO2)cc(F)c1C(=[CH-])Nc1ccc(NC(=O)NCCC(C)(C)F)cc1.[Li+]. The summed E-state index contributed by atoms with van der Waals surface area (Å²) in [4.78, 5) is 12.0. The number of alkyl halides is 1. The molecule has 1 saturated heterocycles. The van der Waals surface area contributed by atoms with E-state index in [0.717, 1.165) is 12.8 Å². The summed E-state index contributed by atoms with van der Waals surface area (Å²) < 4.78 is 40.1. The number of benzene rings is 2. The summed E-state index contributed by atoms with van der Waals surface area (Å²) in [7, 11) is 0.